The highest BCUT2D eigenvalue weighted by atomic mass is 32.1. The summed E-state index contributed by atoms with van der Waals surface area (Å²) < 4.78 is 16.0. The molecule has 2 amide bonds. The van der Waals surface area contributed by atoms with Crippen LogP contribution >= 0.6 is 22.7 Å². The smallest absolute Gasteiger partial charge is 0.353 e. The van der Waals surface area contributed by atoms with E-state index in [4.69, 9.17) is 14.2 Å². The minimum atomic E-state index is -0.996. The molecule has 2 aromatic heterocycles. The van der Waals surface area contributed by atoms with Gasteiger partial charge in [-0.25, -0.2) is 15.0 Å². The SMILES string of the molecule is CCOC(=O)c1c(NC(=O)C(=O)N/N=C(\C)c2ccc(OC(=O)c3cccs3)c(OC)c2)sc2c1CCCC2. The van der Waals surface area contributed by atoms with E-state index in [-0.39, 0.29) is 12.4 Å². The van der Waals surface area contributed by atoms with Crippen molar-refractivity contribution in [3.8, 4) is 11.5 Å². The zero-order valence-corrected chi connectivity index (χ0v) is 23.3. The van der Waals surface area contributed by atoms with Crippen molar-refractivity contribution in [3.05, 3.63) is 62.2 Å². The third-order valence-electron chi connectivity index (χ3n) is 5.92. The molecule has 2 N–H and O–H groups in total. The number of amides is 2. The first-order valence-electron chi connectivity index (χ1n) is 12.2. The summed E-state index contributed by atoms with van der Waals surface area (Å²) in [6.07, 6.45) is 3.48. The summed E-state index contributed by atoms with van der Waals surface area (Å²) in [6.45, 7) is 3.55. The lowest BCUT2D eigenvalue weighted by Crippen LogP contribution is -2.33. The van der Waals surface area contributed by atoms with Crippen LogP contribution in [-0.4, -0.2) is 43.2 Å². The van der Waals surface area contributed by atoms with Crippen LogP contribution in [0, 0.1) is 0 Å². The van der Waals surface area contributed by atoms with E-state index < -0.39 is 23.8 Å². The number of fused-ring (bicyclic) bond motifs is 1. The second-order valence-corrected chi connectivity index (χ2v) is 10.5. The average molecular weight is 570 g/mol. The number of hydrogen-bond acceptors (Lipinski definition) is 10. The fourth-order valence-corrected chi connectivity index (χ4v) is 5.88. The van der Waals surface area contributed by atoms with Crippen molar-refractivity contribution in [1.82, 2.24) is 5.43 Å². The molecule has 0 atom stereocenters. The Kier molecular flexibility index (Phi) is 9.10. The number of nitrogens with zero attached hydrogens (tertiary/aromatic N) is 1. The number of hydrogen-bond donors (Lipinski definition) is 2. The Bertz CT molecular complexity index is 1430. The Morgan fingerprint density at radius 3 is 2.54 bits per heavy atom. The van der Waals surface area contributed by atoms with Gasteiger partial charge in [0.05, 0.1) is 25.0 Å². The van der Waals surface area contributed by atoms with Gasteiger partial charge in [-0.2, -0.15) is 5.10 Å². The summed E-state index contributed by atoms with van der Waals surface area (Å²) in [4.78, 5) is 51.5. The molecular formula is C27H27N3O7S2. The van der Waals surface area contributed by atoms with Crippen molar-refractivity contribution in [1.29, 1.82) is 0 Å². The Hall–Kier alpha value is -4.03. The molecule has 0 saturated carbocycles. The third-order valence-corrected chi connectivity index (χ3v) is 7.97. The molecule has 1 aliphatic carbocycles. The normalized spacial score (nSPS) is 12.7. The van der Waals surface area contributed by atoms with Crippen LogP contribution in [0.2, 0.25) is 0 Å². The number of carbonyl (C=O) groups is 4. The van der Waals surface area contributed by atoms with Gasteiger partial charge >= 0.3 is 23.8 Å². The van der Waals surface area contributed by atoms with Gasteiger partial charge in [-0.15, -0.1) is 22.7 Å². The van der Waals surface area contributed by atoms with Crippen LogP contribution in [0.15, 0.2) is 40.8 Å². The molecule has 1 aliphatic rings. The van der Waals surface area contributed by atoms with Gasteiger partial charge in [0.15, 0.2) is 11.5 Å². The van der Waals surface area contributed by atoms with Crippen molar-refractivity contribution in [3.63, 3.8) is 0 Å². The van der Waals surface area contributed by atoms with Crippen molar-refractivity contribution in [2.75, 3.05) is 19.0 Å². The minimum absolute atomic E-state index is 0.203. The highest BCUT2D eigenvalue weighted by molar-refractivity contribution is 7.17. The molecule has 0 unspecified atom stereocenters. The van der Waals surface area contributed by atoms with Crippen molar-refractivity contribution < 1.29 is 33.4 Å². The number of rotatable bonds is 8. The third kappa shape index (κ3) is 6.52. The molecule has 0 saturated heterocycles. The fraction of sp³-hybridized carbons (Fsp3) is 0.296. The van der Waals surface area contributed by atoms with E-state index in [9.17, 15) is 19.2 Å². The number of benzene rings is 1. The molecule has 12 heteroatoms. The highest BCUT2D eigenvalue weighted by Gasteiger charge is 2.28. The van der Waals surface area contributed by atoms with Crippen LogP contribution < -0.4 is 20.2 Å². The molecule has 0 aliphatic heterocycles. The van der Waals surface area contributed by atoms with Gasteiger partial charge < -0.3 is 19.5 Å². The Balaban J connectivity index is 1.43. The molecule has 1 aromatic carbocycles. The summed E-state index contributed by atoms with van der Waals surface area (Å²) in [7, 11) is 1.44. The zero-order valence-electron chi connectivity index (χ0n) is 21.6. The summed E-state index contributed by atoms with van der Waals surface area (Å²) in [5.74, 6) is -2.44. The number of esters is 2. The maximum Gasteiger partial charge on any atom is 0.353 e. The highest BCUT2D eigenvalue weighted by Crippen LogP contribution is 2.38. The maximum absolute atomic E-state index is 12.6. The van der Waals surface area contributed by atoms with E-state index >= 15 is 0 Å². The van der Waals surface area contributed by atoms with Crippen molar-refractivity contribution >= 4 is 57.1 Å². The lowest BCUT2D eigenvalue weighted by Gasteiger charge is -2.12. The zero-order chi connectivity index (χ0) is 27.9. The largest absolute Gasteiger partial charge is 0.493 e. The first-order chi connectivity index (χ1) is 18.8. The Morgan fingerprint density at radius 1 is 1.03 bits per heavy atom. The number of ether oxygens (including phenoxy) is 3. The van der Waals surface area contributed by atoms with Crippen LogP contribution in [0.5, 0.6) is 11.5 Å². The predicted molar refractivity (Wildman–Crippen MR) is 148 cm³/mol. The van der Waals surface area contributed by atoms with E-state index in [0.717, 1.165) is 36.1 Å². The van der Waals surface area contributed by atoms with Crippen LogP contribution in [0.4, 0.5) is 5.00 Å². The number of aryl methyl sites for hydroxylation is 1. The van der Waals surface area contributed by atoms with E-state index in [2.05, 4.69) is 15.8 Å². The van der Waals surface area contributed by atoms with Gasteiger partial charge in [-0.05, 0) is 74.7 Å². The Morgan fingerprint density at radius 2 is 1.82 bits per heavy atom. The van der Waals surface area contributed by atoms with Gasteiger partial charge in [0, 0.05) is 10.4 Å². The Labute approximate surface area is 233 Å². The van der Waals surface area contributed by atoms with Gasteiger partial charge in [-0.3, -0.25) is 9.59 Å². The maximum atomic E-state index is 12.6. The van der Waals surface area contributed by atoms with E-state index in [1.165, 1.54) is 29.8 Å². The average Bonchev–Trinajstić information content (AvgIpc) is 3.60. The van der Waals surface area contributed by atoms with Gasteiger partial charge in [0.1, 0.15) is 9.88 Å². The number of methoxy groups -OCH3 is 1. The minimum Gasteiger partial charge on any atom is -0.493 e. The standard InChI is InChI=1S/C27H27N3O7S2/c1-4-36-27(34)22-17-8-5-6-9-20(17)39-25(22)28-23(31)24(32)30-29-15(2)16-11-12-18(19(14-16)35-3)37-26(33)21-10-7-13-38-21/h7,10-14H,4-6,8-9H2,1-3H3,(H,28,31)(H,30,32)/b29-15+. The topological polar surface area (TPSA) is 132 Å². The van der Waals surface area contributed by atoms with Crippen LogP contribution in [0.25, 0.3) is 0 Å². The summed E-state index contributed by atoms with van der Waals surface area (Å²) in [5.41, 5.74) is 4.39. The molecule has 39 heavy (non-hydrogen) atoms. The van der Waals surface area contributed by atoms with E-state index in [1.54, 1.807) is 49.6 Å². The second kappa shape index (κ2) is 12.7. The fourth-order valence-electron chi connectivity index (χ4n) is 4.00. The van der Waals surface area contributed by atoms with Gasteiger partial charge in [0.25, 0.3) is 0 Å². The van der Waals surface area contributed by atoms with Crippen molar-refractivity contribution in [2.45, 2.75) is 39.5 Å². The molecule has 2 heterocycles. The molecule has 4 rings (SSSR count). The van der Waals surface area contributed by atoms with Gasteiger partial charge in [-0.1, -0.05) is 6.07 Å². The second-order valence-electron chi connectivity index (χ2n) is 8.46. The lowest BCUT2D eigenvalue weighted by atomic mass is 9.95. The summed E-state index contributed by atoms with van der Waals surface area (Å²) in [5, 5.41) is 8.66. The quantitative estimate of drug-likeness (QED) is 0.133. The summed E-state index contributed by atoms with van der Waals surface area (Å²) >= 11 is 2.56. The molecule has 3 aromatic rings. The van der Waals surface area contributed by atoms with Crippen molar-refractivity contribution in [2.24, 2.45) is 5.10 Å². The number of thiophene rings is 2. The molecule has 0 bridgehead atoms. The monoisotopic (exact) mass is 569 g/mol. The first-order valence-corrected chi connectivity index (χ1v) is 13.9. The number of carbonyl (C=O) groups excluding carboxylic acids is 4. The molecule has 10 nitrogen and oxygen atoms in total. The van der Waals surface area contributed by atoms with Crippen LogP contribution in [-0.2, 0) is 27.2 Å². The van der Waals surface area contributed by atoms with Gasteiger partial charge in [0.2, 0.25) is 0 Å². The number of hydrazone groups is 1. The molecule has 0 fully saturated rings. The van der Waals surface area contributed by atoms with E-state index in [1.807, 2.05) is 0 Å². The molecule has 0 radical (unpaired) electrons. The molecule has 204 valence electrons. The number of anilines is 1. The first kappa shape index (κ1) is 28.0. The van der Waals surface area contributed by atoms with Crippen LogP contribution in [0.3, 0.4) is 0 Å². The van der Waals surface area contributed by atoms with Crippen LogP contribution in [0.1, 0.15) is 62.7 Å². The predicted octanol–water partition coefficient (Wildman–Crippen LogP) is 4.57. The van der Waals surface area contributed by atoms with E-state index in [0.29, 0.717) is 32.5 Å². The molecular weight excluding hydrogens is 542 g/mol. The summed E-state index contributed by atoms with van der Waals surface area (Å²) in [6, 6.07) is 8.22. The number of nitrogens with one attached hydrogen (secondary N) is 2. The molecule has 0 spiro atoms. The lowest BCUT2D eigenvalue weighted by molar-refractivity contribution is -0.136.